The summed E-state index contributed by atoms with van der Waals surface area (Å²) >= 11 is 0. The molecule has 1 aliphatic carbocycles. The van der Waals surface area contributed by atoms with Crippen molar-refractivity contribution in [3.63, 3.8) is 0 Å². The molecule has 20 heavy (non-hydrogen) atoms. The van der Waals surface area contributed by atoms with Crippen LogP contribution in [0.25, 0.3) is 0 Å². The van der Waals surface area contributed by atoms with Gasteiger partial charge in [-0.05, 0) is 43.4 Å². The van der Waals surface area contributed by atoms with Crippen molar-refractivity contribution in [1.29, 1.82) is 0 Å². The van der Waals surface area contributed by atoms with Crippen molar-refractivity contribution in [2.45, 2.75) is 24.7 Å². The molecular weight excluding hydrogens is 274 g/mol. The van der Waals surface area contributed by atoms with Gasteiger partial charge in [-0.15, -0.1) is 0 Å². The van der Waals surface area contributed by atoms with Crippen LogP contribution >= 0.6 is 0 Å². The Hall–Kier alpha value is -1.35. The van der Waals surface area contributed by atoms with Crippen molar-refractivity contribution in [2.75, 3.05) is 20.2 Å². The van der Waals surface area contributed by atoms with Gasteiger partial charge in [-0.3, -0.25) is 0 Å². The number of hydrogen-bond acceptors (Lipinski definition) is 3. The standard InChI is InChI=1S/C15H19NO3S/c1-12-5-8-15(14(10-12)4-3-9-17)20(18,19)16(2)11-13-6-7-13/h5,8,10,13,17H,6-7,9,11H2,1-2H3. The van der Waals surface area contributed by atoms with Gasteiger partial charge in [-0.1, -0.05) is 17.9 Å². The van der Waals surface area contributed by atoms with E-state index in [4.69, 9.17) is 5.11 Å². The minimum atomic E-state index is -3.52. The molecule has 0 aromatic heterocycles. The number of hydrogen-bond donors (Lipinski definition) is 1. The highest BCUT2D eigenvalue weighted by Gasteiger charge is 2.30. The highest BCUT2D eigenvalue weighted by atomic mass is 32.2. The van der Waals surface area contributed by atoms with Gasteiger partial charge in [0, 0.05) is 19.2 Å². The van der Waals surface area contributed by atoms with Crippen LogP contribution in [0.4, 0.5) is 0 Å². The van der Waals surface area contributed by atoms with E-state index >= 15 is 0 Å². The van der Waals surface area contributed by atoms with Crippen LogP contribution < -0.4 is 0 Å². The summed E-state index contributed by atoms with van der Waals surface area (Å²) in [6.07, 6.45) is 2.20. The first kappa shape index (κ1) is 15.0. The first-order valence-electron chi connectivity index (χ1n) is 6.62. The molecule has 1 aromatic carbocycles. The highest BCUT2D eigenvalue weighted by Crippen LogP contribution is 2.31. The van der Waals surface area contributed by atoms with E-state index in [1.54, 1.807) is 25.2 Å². The molecule has 0 spiro atoms. The zero-order chi connectivity index (χ0) is 14.8. The van der Waals surface area contributed by atoms with E-state index in [1.165, 1.54) is 4.31 Å². The zero-order valence-corrected chi connectivity index (χ0v) is 12.6. The van der Waals surface area contributed by atoms with E-state index in [-0.39, 0.29) is 11.5 Å². The van der Waals surface area contributed by atoms with Gasteiger partial charge in [0.25, 0.3) is 0 Å². The van der Waals surface area contributed by atoms with Crippen LogP contribution in [-0.2, 0) is 10.0 Å². The van der Waals surface area contributed by atoms with Gasteiger partial charge in [-0.2, -0.15) is 0 Å². The van der Waals surface area contributed by atoms with Crippen molar-refractivity contribution < 1.29 is 13.5 Å². The molecule has 0 saturated heterocycles. The fourth-order valence-electron chi connectivity index (χ4n) is 2.03. The molecule has 0 bridgehead atoms. The van der Waals surface area contributed by atoms with E-state index in [9.17, 15) is 8.42 Å². The molecule has 4 nitrogen and oxygen atoms in total. The number of aliphatic hydroxyl groups excluding tert-OH is 1. The Kier molecular flexibility index (Phi) is 4.48. The lowest BCUT2D eigenvalue weighted by atomic mass is 10.1. The van der Waals surface area contributed by atoms with E-state index in [2.05, 4.69) is 11.8 Å². The summed E-state index contributed by atoms with van der Waals surface area (Å²) in [5.74, 6) is 5.74. The van der Waals surface area contributed by atoms with Gasteiger partial charge in [0.1, 0.15) is 6.61 Å². The van der Waals surface area contributed by atoms with Crippen LogP contribution in [-0.4, -0.2) is 38.0 Å². The summed E-state index contributed by atoms with van der Waals surface area (Å²) in [6.45, 7) is 2.16. The van der Waals surface area contributed by atoms with E-state index in [0.29, 0.717) is 18.0 Å². The molecule has 0 unspecified atom stereocenters. The fourth-order valence-corrected chi connectivity index (χ4v) is 3.40. The molecule has 108 valence electrons. The van der Waals surface area contributed by atoms with Gasteiger partial charge in [-0.25, -0.2) is 12.7 Å². The maximum atomic E-state index is 12.6. The quantitative estimate of drug-likeness (QED) is 0.853. The van der Waals surface area contributed by atoms with Crippen molar-refractivity contribution >= 4 is 10.0 Å². The molecule has 1 aromatic rings. The maximum absolute atomic E-state index is 12.6. The lowest BCUT2D eigenvalue weighted by molar-refractivity contribution is 0.350. The fraction of sp³-hybridized carbons (Fsp3) is 0.467. The van der Waals surface area contributed by atoms with Crippen LogP contribution in [0.15, 0.2) is 23.1 Å². The first-order valence-corrected chi connectivity index (χ1v) is 8.06. The molecule has 1 N–H and O–H groups in total. The average Bonchev–Trinajstić information content (AvgIpc) is 3.20. The Morgan fingerprint density at radius 3 is 2.70 bits per heavy atom. The van der Waals surface area contributed by atoms with Crippen molar-refractivity contribution in [3.05, 3.63) is 29.3 Å². The Bertz CT molecular complexity index is 651. The van der Waals surface area contributed by atoms with Crippen LogP contribution in [0.1, 0.15) is 24.0 Å². The lowest BCUT2D eigenvalue weighted by Crippen LogP contribution is -2.29. The van der Waals surface area contributed by atoms with Gasteiger partial charge >= 0.3 is 0 Å². The number of nitrogens with zero attached hydrogens (tertiary/aromatic N) is 1. The van der Waals surface area contributed by atoms with Crippen molar-refractivity contribution in [1.82, 2.24) is 4.31 Å². The third-order valence-electron chi connectivity index (χ3n) is 3.34. The number of aliphatic hydroxyl groups is 1. The Morgan fingerprint density at radius 1 is 1.40 bits per heavy atom. The highest BCUT2D eigenvalue weighted by molar-refractivity contribution is 7.89. The summed E-state index contributed by atoms with van der Waals surface area (Å²) < 4.78 is 26.6. The summed E-state index contributed by atoms with van der Waals surface area (Å²) in [5, 5.41) is 8.79. The molecule has 1 saturated carbocycles. The second-order valence-corrected chi connectivity index (χ2v) is 7.20. The Balaban J connectivity index is 2.39. The maximum Gasteiger partial charge on any atom is 0.244 e. The average molecular weight is 293 g/mol. The van der Waals surface area contributed by atoms with Crippen LogP contribution in [0.3, 0.4) is 0 Å². The van der Waals surface area contributed by atoms with Gasteiger partial charge < -0.3 is 5.11 Å². The normalized spacial score (nSPS) is 15.0. The predicted octanol–water partition coefficient (Wildman–Crippen LogP) is 1.37. The summed E-state index contributed by atoms with van der Waals surface area (Å²) in [5.41, 5.74) is 1.39. The number of sulfonamides is 1. The Labute approximate surface area is 120 Å². The number of aryl methyl sites for hydroxylation is 1. The van der Waals surface area contributed by atoms with Crippen molar-refractivity contribution in [3.8, 4) is 11.8 Å². The summed E-state index contributed by atoms with van der Waals surface area (Å²) in [4.78, 5) is 0.215. The molecule has 0 aliphatic heterocycles. The van der Waals surface area contributed by atoms with Crippen LogP contribution in [0.5, 0.6) is 0 Å². The van der Waals surface area contributed by atoms with Crippen LogP contribution in [0, 0.1) is 24.7 Å². The van der Waals surface area contributed by atoms with Gasteiger partial charge in [0.05, 0.1) is 4.90 Å². The Morgan fingerprint density at radius 2 is 2.10 bits per heavy atom. The summed E-state index contributed by atoms with van der Waals surface area (Å²) in [7, 11) is -1.91. The smallest absolute Gasteiger partial charge is 0.244 e. The van der Waals surface area contributed by atoms with E-state index in [1.807, 2.05) is 6.92 Å². The SMILES string of the molecule is Cc1ccc(S(=O)(=O)N(C)CC2CC2)c(C#CCO)c1. The molecule has 0 amide bonds. The molecular formula is C15H19NO3S. The molecule has 0 heterocycles. The second kappa shape index (κ2) is 5.96. The van der Waals surface area contributed by atoms with Crippen LogP contribution in [0.2, 0.25) is 0 Å². The minimum Gasteiger partial charge on any atom is -0.384 e. The van der Waals surface area contributed by atoms with E-state index < -0.39 is 10.0 Å². The number of benzene rings is 1. The zero-order valence-electron chi connectivity index (χ0n) is 11.8. The third-order valence-corrected chi connectivity index (χ3v) is 5.22. The second-order valence-electron chi connectivity index (χ2n) is 5.19. The monoisotopic (exact) mass is 293 g/mol. The lowest BCUT2D eigenvalue weighted by Gasteiger charge is -2.18. The largest absolute Gasteiger partial charge is 0.384 e. The minimum absolute atomic E-state index is 0.215. The van der Waals surface area contributed by atoms with Gasteiger partial charge in [0.15, 0.2) is 0 Å². The topological polar surface area (TPSA) is 57.6 Å². The van der Waals surface area contributed by atoms with Crippen molar-refractivity contribution in [2.24, 2.45) is 5.92 Å². The first-order chi connectivity index (χ1) is 9.45. The molecule has 0 atom stereocenters. The third kappa shape index (κ3) is 3.40. The molecule has 1 fully saturated rings. The molecule has 0 radical (unpaired) electrons. The summed E-state index contributed by atoms with van der Waals surface area (Å²) in [6, 6.07) is 5.10. The molecule has 5 heteroatoms. The van der Waals surface area contributed by atoms with Gasteiger partial charge in [0.2, 0.25) is 10.0 Å². The molecule has 1 aliphatic rings. The predicted molar refractivity (Wildman–Crippen MR) is 77.7 cm³/mol. The molecule has 2 rings (SSSR count). The van der Waals surface area contributed by atoms with E-state index in [0.717, 1.165) is 18.4 Å². The number of rotatable bonds is 4.